The highest BCUT2D eigenvalue weighted by molar-refractivity contribution is 6.17. The summed E-state index contributed by atoms with van der Waals surface area (Å²) in [7, 11) is 3.36. The molecule has 7 heteroatoms. The fraction of sp³-hybridized carbons (Fsp3) is 0.643. The molecule has 0 amide bonds. The first-order valence-electron chi connectivity index (χ1n) is 7.08. The van der Waals surface area contributed by atoms with Crippen LogP contribution < -0.4 is 4.74 Å². The Labute approximate surface area is 128 Å². The van der Waals surface area contributed by atoms with Crippen molar-refractivity contribution in [2.24, 2.45) is 0 Å². The molecule has 1 saturated carbocycles. The number of ether oxygens (including phenoxy) is 2. The van der Waals surface area contributed by atoms with Crippen molar-refractivity contribution < 1.29 is 9.47 Å². The van der Waals surface area contributed by atoms with E-state index in [1.54, 1.807) is 14.2 Å². The van der Waals surface area contributed by atoms with Gasteiger partial charge in [-0.1, -0.05) is 0 Å². The van der Waals surface area contributed by atoms with Crippen LogP contribution in [0.25, 0.3) is 11.2 Å². The van der Waals surface area contributed by atoms with Gasteiger partial charge in [-0.25, -0.2) is 9.97 Å². The van der Waals surface area contributed by atoms with Gasteiger partial charge in [0.2, 0.25) is 5.88 Å². The van der Waals surface area contributed by atoms with Gasteiger partial charge in [-0.15, -0.1) is 11.6 Å². The molecular weight excluding hydrogens is 292 g/mol. The molecule has 1 fully saturated rings. The van der Waals surface area contributed by atoms with Crippen LogP contribution in [0.2, 0.25) is 0 Å². The van der Waals surface area contributed by atoms with Crippen LogP contribution in [0.5, 0.6) is 5.88 Å². The van der Waals surface area contributed by atoms with Crippen LogP contribution in [-0.4, -0.2) is 45.2 Å². The van der Waals surface area contributed by atoms with Gasteiger partial charge in [0.05, 0.1) is 19.3 Å². The lowest BCUT2D eigenvalue weighted by atomic mass is 9.80. The van der Waals surface area contributed by atoms with Gasteiger partial charge in [0.15, 0.2) is 11.2 Å². The summed E-state index contributed by atoms with van der Waals surface area (Å²) < 4.78 is 13.1. The molecule has 1 aliphatic carbocycles. The smallest absolute Gasteiger partial charge is 0.245 e. The molecule has 0 saturated heterocycles. The molecule has 0 bridgehead atoms. The van der Waals surface area contributed by atoms with Crippen LogP contribution in [-0.2, 0) is 17.7 Å². The van der Waals surface area contributed by atoms with E-state index in [2.05, 4.69) is 19.5 Å². The molecule has 114 valence electrons. The number of imidazole rings is 1. The molecule has 1 aliphatic rings. The molecule has 2 aromatic heterocycles. The lowest BCUT2D eigenvalue weighted by Crippen LogP contribution is -2.43. The number of aromatic nitrogens is 4. The third kappa shape index (κ3) is 2.46. The van der Waals surface area contributed by atoms with Crippen molar-refractivity contribution in [3.05, 3.63) is 12.2 Å². The molecule has 0 spiro atoms. The summed E-state index contributed by atoms with van der Waals surface area (Å²) in [6.07, 6.45) is 5.51. The first kappa shape index (κ1) is 14.5. The highest BCUT2D eigenvalue weighted by Crippen LogP contribution is 2.37. The Hall–Kier alpha value is -1.40. The Balaban J connectivity index is 2.07. The fourth-order valence-electron chi connectivity index (χ4n) is 2.84. The maximum absolute atomic E-state index is 5.91. The minimum atomic E-state index is -0.104. The zero-order valence-corrected chi connectivity index (χ0v) is 13.1. The van der Waals surface area contributed by atoms with Crippen LogP contribution in [0.1, 0.15) is 25.1 Å². The summed E-state index contributed by atoms with van der Waals surface area (Å²) in [5, 5.41) is 0. The van der Waals surface area contributed by atoms with E-state index in [1.807, 2.05) is 0 Å². The Morgan fingerprint density at radius 3 is 2.71 bits per heavy atom. The van der Waals surface area contributed by atoms with Gasteiger partial charge >= 0.3 is 0 Å². The number of nitrogens with zero attached hydrogens (tertiary/aromatic N) is 4. The quantitative estimate of drug-likeness (QED) is 0.765. The van der Waals surface area contributed by atoms with Crippen LogP contribution >= 0.6 is 11.6 Å². The predicted octanol–water partition coefficient (Wildman–Crippen LogP) is 2.19. The predicted molar refractivity (Wildman–Crippen MR) is 79.9 cm³/mol. The van der Waals surface area contributed by atoms with E-state index >= 15 is 0 Å². The third-order valence-corrected chi connectivity index (χ3v) is 4.42. The second kappa shape index (κ2) is 5.77. The SMILES string of the molecule is COc1ncnc2c1nc(CCCl)n2CC1(OC)CCC1. The highest BCUT2D eigenvalue weighted by atomic mass is 35.5. The number of hydrogen-bond donors (Lipinski definition) is 0. The lowest BCUT2D eigenvalue weighted by Gasteiger charge is -2.41. The summed E-state index contributed by atoms with van der Waals surface area (Å²) >= 11 is 5.91. The van der Waals surface area contributed by atoms with Crippen molar-refractivity contribution in [3.8, 4) is 5.88 Å². The fourth-order valence-corrected chi connectivity index (χ4v) is 3.01. The first-order valence-corrected chi connectivity index (χ1v) is 7.62. The van der Waals surface area contributed by atoms with Crippen LogP contribution in [0, 0.1) is 0 Å². The zero-order valence-electron chi connectivity index (χ0n) is 12.3. The van der Waals surface area contributed by atoms with Gasteiger partial charge in [0.25, 0.3) is 0 Å². The number of fused-ring (bicyclic) bond motifs is 1. The average molecular weight is 311 g/mol. The van der Waals surface area contributed by atoms with Crippen molar-refractivity contribution in [2.75, 3.05) is 20.1 Å². The summed E-state index contributed by atoms with van der Waals surface area (Å²) in [5.41, 5.74) is 1.36. The second-order valence-corrected chi connectivity index (χ2v) is 5.73. The van der Waals surface area contributed by atoms with E-state index in [-0.39, 0.29) is 5.60 Å². The second-order valence-electron chi connectivity index (χ2n) is 5.35. The van der Waals surface area contributed by atoms with Crippen LogP contribution in [0.15, 0.2) is 6.33 Å². The summed E-state index contributed by atoms with van der Waals surface area (Å²) in [6.45, 7) is 0.742. The number of methoxy groups -OCH3 is 2. The van der Waals surface area contributed by atoms with Gasteiger partial charge < -0.3 is 14.0 Å². The van der Waals surface area contributed by atoms with Crippen molar-refractivity contribution in [2.45, 2.75) is 37.8 Å². The monoisotopic (exact) mass is 310 g/mol. The maximum atomic E-state index is 5.91. The molecule has 3 rings (SSSR count). The highest BCUT2D eigenvalue weighted by Gasteiger charge is 2.38. The van der Waals surface area contributed by atoms with E-state index in [0.717, 1.165) is 30.9 Å². The molecule has 2 heterocycles. The number of rotatable bonds is 6. The minimum Gasteiger partial charge on any atom is -0.479 e. The Bertz CT molecular complexity index is 634. The number of hydrogen-bond acceptors (Lipinski definition) is 5. The Kier molecular flexibility index (Phi) is 3.99. The van der Waals surface area contributed by atoms with Crippen LogP contribution in [0.3, 0.4) is 0 Å². The van der Waals surface area contributed by atoms with Gasteiger partial charge in [0.1, 0.15) is 12.2 Å². The molecule has 21 heavy (non-hydrogen) atoms. The lowest BCUT2D eigenvalue weighted by molar-refractivity contribution is -0.0833. The molecule has 0 aliphatic heterocycles. The minimum absolute atomic E-state index is 0.104. The molecule has 0 N–H and O–H groups in total. The van der Waals surface area contributed by atoms with E-state index in [0.29, 0.717) is 23.7 Å². The van der Waals surface area contributed by atoms with Gasteiger partial charge in [-0.2, -0.15) is 4.98 Å². The average Bonchev–Trinajstić information content (AvgIpc) is 2.80. The van der Waals surface area contributed by atoms with E-state index < -0.39 is 0 Å². The number of aryl methyl sites for hydroxylation is 1. The van der Waals surface area contributed by atoms with Crippen molar-refractivity contribution >= 4 is 22.8 Å². The largest absolute Gasteiger partial charge is 0.479 e. The zero-order chi connectivity index (χ0) is 14.9. The molecule has 0 atom stereocenters. The third-order valence-electron chi connectivity index (χ3n) is 4.23. The van der Waals surface area contributed by atoms with E-state index in [4.69, 9.17) is 21.1 Å². The van der Waals surface area contributed by atoms with E-state index in [9.17, 15) is 0 Å². The normalized spacial score (nSPS) is 16.9. The summed E-state index contributed by atoms with van der Waals surface area (Å²) in [4.78, 5) is 13.1. The first-order chi connectivity index (χ1) is 10.2. The summed E-state index contributed by atoms with van der Waals surface area (Å²) in [6, 6.07) is 0. The van der Waals surface area contributed by atoms with Crippen molar-refractivity contribution in [3.63, 3.8) is 0 Å². The molecule has 0 unspecified atom stereocenters. The maximum Gasteiger partial charge on any atom is 0.245 e. The van der Waals surface area contributed by atoms with Crippen molar-refractivity contribution in [1.29, 1.82) is 0 Å². The molecular formula is C14H19ClN4O2. The van der Waals surface area contributed by atoms with E-state index in [1.165, 1.54) is 12.7 Å². The Morgan fingerprint density at radius 1 is 1.33 bits per heavy atom. The topological polar surface area (TPSA) is 62.1 Å². The molecule has 6 nitrogen and oxygen atoms in total. The Morgan fingerprint density at radius 2 is 2.14 bits per heavy atom. The molecule has 2 aromatic rings. The number of halogens is 1. The molecule has 0 aromatic carbocycles. The van der Waals surface area contributed by atoms with Crippen LogP contribution in [0.4, 0.5) is 0 Å². The van der Waals surface area contributed by atoms with Gasteiger partial charge in [-0.05, 0) is 19.3 Å². The van der Waals surface area contributed by atoms with Gasteiger partial charge in [-0.3, -0.25) is 0 Å². The van der Waals surface area contributed by atoms with Crippen molar-refractivity contribution in [1.82, 2.24) is 19.5 Å². The number of alkyl halides is 1. The van der Waals surface area contributed by atoms with Gasteiger partial charge in [0, 0.05) is 19.4 Å². The summed E-state index contributed by atoms with van der Waals surface area (Å²) in [5.74, 6) is 1.91. The standard InChI is InChI=1S/C14H19ClN4O2/c1-20-13-11-12(16-9-17-13)19(10(18-11)4-7-15)8-14(21-2)5-3-6-14/h9H,3-8H2,1-2H3. The molecule has 0 radical (unpaired) electrons.